The second-order valence-electron chi connectivity index (χ2n) is 6.38. The lowest BCUT2D eigenvalue weighted by Gasteiger charge is -2.18. The highest BCUT2D eigenvalue weighted by molar-refractivity contribution is 7.17. The van der Waals surface area contributed by atoms with Crippen molar-refractivity contribution in [1.82, 2.24) is 0 Å². The predicted molar refractivity (Wildman–Crippen MR) is 96.4 cm³/mol. The van der Waals surface area contributed by atoms with Gasteiger partial charge in [0.1, 0.15) is 16.3 Å². The van der Waals surface area contributed by atoms with Gasteiger partial charge >= 0.3 is 5.97 Å². The zero-order valence-electron chi connectivity index (χ0n) is 14.2. The summed E-state index contributed by atoms with van der Waals surface area (Å²) in [5, 5.41) is 3.56. The maximum absolute atomic E-state index is 12.5. The predicted octanol–water partition coefficient (Wildman–Crippen LogP) is 3.66. The van der Waals surface area contributed by atoms with E-state index in [9.17, 15) is 9.59 Å². The standard InChI is InChI=1S/C19H19NO4S/c1-23-12-6-7-13-11(9-12)5-8-14-15(13)16(19(22)24-2)18(25-14)20-17(21)10-3-4-10/h6-7,9-10H,3-5,8H2,1-2H3,(H,20,21). The number of fused-ring (bicyclic) bond motifs is 3. The van der Waals surface area contributed by atoms with Gasteiger partial charge in [-0.1, -0.05) is 6.07 Å². The summed E-state index contributed by atoms with van der Waals surface area (Å²) < 4.78 is 10.3. The Morgan fingerprint density at radius 3 is 2.68 bits per heavy atom. The van der Waals surface area contributed by atoms with Crippen LogP contribution in [-0.2, 0) is 22.4 Å². The molecule has 130 valence electrons. The summed E-state index contributed by atoms with van der Waals surface area (Å²) in [6.07, 6.45) is 3.57. The van der Waals surface area contributed by atoms with E-state index in [0.29, 0.717) is 10.6 Å². The summed E-state index contributed by atoms with van der Waals surface area (Å²) >= 11 is 1.49. The lowest BCUT2D eigenvalue weighted by atomic mass is 9.88. The Kier molecular flexibility index (Phi) is 4.00. The average molecular weight is 357 g/mol. The number of rotatable bonds is 4. The molecular formula is C19H19NO4S. The van der Waals surface area contributed by atoms with Gasteiger partial charge in [0.05, 0.1) is 14.2 Å². The molecule has 1 aromatic carbocycles. The van der Waals surface area contributed by atoms with Crippen LogP contribution in [0.25, 0.3) is 11.1 Å². The number of carbonyl (C=O) groups is 2. The number of benzene rings is 1. The number of ether oxygens (including phenoxy) is 2. The number of anilines is 1. The van der Waals surface area contributed by atoms with Crippen LogP contribution in [-0.4, -0.2) is 26.1 Å². The van der Waals surface area contributed by atoms with Gasteiger partial charge in [-0.2, -0.15) is 0 Å². The summed E-state index contributed by atoms with van der Waals surface area (Å²) in [5.74, 6) is 0.478. The molecule has 1 aromatic heterocycles. The largest absolute Gasteiger partial charge is 0.497 e. The van der Waals surface area contributed by atoms with E-state index in [0.717, 1.165) is 53.0 Å². The Morgan fingerprint density at radius 1 is 1.20 bits per heavy atom. The van der Waals surface area contributed by atoms with E-state index in [1.165, 1.54) is 18.4 Å². The van der Waals surface area contributed by atoms with E-state index in [1.54, 1.807) is 7.11 Å². The number of thiophene rings is 1. The number of methoxy groups -OCH3 is 2. The van der Waals surface area contributed by atoms with Crippen molar-refractivity contribution in [2.75, 3.05) is 19.5 Å². The van der Waals surface area contributed by atoms with Gasteiger partial charge in [-0.3, -0.25) is 4.79 Å². The molecule has 2 aliphatic carbocycles. The first-order chi connectivity index (χ1) is 12.1. The number of nitrogens with one attached hydrogen (secondary N) is 1. The van der Waals surface area contributed by atoms with Crippen molar-refractivity contribution in [1.29, 1.82) is 0 Å². The lowest BCUT2D eigenvalue weighted by molar-refractivity contribution is -0.117. The SMILES string of the molecule is COC(=O)c1c(NC(=O)C2CC2)sc2c1-c1ccc(OC)cc1CC2. The van der Waals surface area contributed by atoms with Crippen LogP contribution in [0.1, 0.15) is 33.6 Å². The Bertz CT molecular complexity index is 867. The fourth-order valence-electron chi connectivity index (χ4n) is 3.28. The molecule has 4 rings (SSSR count). The molecule has 1 fully saturated rings. The molecule has 0 atom stereocenters. The van der Waals surface area contributed by atoms with E-state index in [-0.39, 0.29) is 11.8 Å². The minimum absolute atomic E-state index is 0.00120. The third-order valence-electron chi connectivity index (χ3n) is 4.76. The second-order valence-corrected chi connectivity index (χ2v) is 7.49. The number of carbonyl (C=O) groups excluding carboxylic acids is 2. The highest BCUT2D eigenvalue weighted by atomic mass is 32.1. The first kappa shape index (κ1) is 16.1. The van der Waals surface area contributed by atoms with Gasteiger partial charge in [-0.05, 0) is 48.9 Å². The zero-order chi connectivity index (χ0) is 17.6. The quantitative estimate of drug-likeness (QED) is 0.848. The molecular weight excluding hydrogens is 338 g/mol. The minimum atomic E-state index is -0.410. The summed E-state index contributed by atoms with van der Waals surface area (Å²) in [4.78, 5) is 25.8. The summed E-state index contributed by atoms with van der Waals surface area (Å²) in [5.41, 5.74) is 3.54. The number of esters is 1. The first-order valence-corrected chi connectivity index (χ1v) is 9.16. The van der Waals surface area contributed by atoms with Gasteiger partial charge in [0.15, 0.2) is 0 Å². The third-order valence-corrected chi connectivity index (χ3v) is 5.92. The Hall–Kier alpha value is -2.34. The second kappa shape index (κ2) is 6.19. The molecule has 25 heavy (non-hydrogen) atoms. The lowest BCUT2D eigenvalue weighted by Crippen LogP contribution is -2.15. The van der Waals surface area contributed by atoms with Crippen LogP contribution in [0.3, 0.4) is 0 Å². The monoisotopic (exact) mass is 357 g/mol. The van der Waals surface area contributed by atoms with Crippen molar-refractivity contribution < 1.29 is 19.1 Å². The van der Waals surface area contributed by atoms with Gasteiger partial charge in [0.25, 0.3) is 0 Å². The number of aryl methyl sites for hydroxylation is 2. The van der Waals surface area contributed by atoms with Crippen molar-refractivity contribution in [2.45, 2.75) is 25.7 Å². The minimum Gasteiger partial charge on any atom is -0.497 e. The topological polar surface area (TPSA) is 64.6 Å². The van der Waals surface area contributed by atoms with Gasteiger partial charge in [-0.15, -0.1) is 11.3 Å². The summed E-state index contributed by atoms with van der Waals surface area (Å²) in [7, 11) is 3.02. The van der Waals surface area contributed by atoms with Crippen LogP contribution in [0.2, 0.25) is 0 Å². The molecule has 1 heterocycles. The molecule has 5 nitrogen and oxygen atoms in total. The molecule has 0 bridgehead atoms. The summed E-state index contributed by atoms with van der Waals surface area (Å²) in [6, 6.07) is 5.90. The summed E-state index contributed by atoms with van der Waals surface area (Å²) in [6.45, 7) is 0. The van der Waals surface area contributed by atoms with Crippen molar-refractivity contribution in [3.8, 4) is 16.9 Å². The fourth-order valence-corrected chi connectivity index (χ4v) is 4.48. The molecule has 1 N–H and O–H groups in total. The van der Waals surface area contributed by atoms with Crippen LogP contribution in [0.4, 0.5) is 5.00 Å². The normalized spacial score (nSPS) is 15.1. The molecule has 0 unspecified atom stereocenters. The molecule has 2 aliphatic rings. The first-order valence-electron chi connectivity index (χ1n) is 8.34. The van der Waals surface area contributed by atoms with Gasteiger partial charge in [0.2, 0.25) is 5.91 Å². The molecule has 6 heteroatoms. The van der Waals surface area contributed by atoms with E-state index >= 15 is 0 Å². The maximum Gasteiger partial charge on any atom is 0.341 e. The highest BCUT2D eigenvalue weighted by Gasteiger charge is 2.34. The molecule has 0 spiro atoms. The third kappa shape index (κ3) is 2.80. The van der Waals surface area contributed by atoms with Crippen LogP contribution >= 0.6 is 11.3 Å². The fraction of sp³-hybridized carbons (Fsp3) is 0.368. The molecule has 0 radical (unpaired) electrons. The van der Waals surface area contributed by atoms with Gasteiger partial charge < -0.3 is 14.8 Å². The van der Waals surface area contributed by atoms with E-state index in [4.69, 9.17) is 9.47 Å². The van der Waals surface area contributed by atoms with Gasteiger partial charge in [-0.25, -0.2) is 4.79 Å². The Morgan fingerprint density at radius 2 is 2.00 bits per heavy atom. The number of hydrogen-bond acceptors (Lipinski definition) is 5. The molecule has 2 aromatic rings. The molecule has 0 aliphatic heterocycles. The van der Waals surface area contributed by atoms with Crippen molar-refractivity contribution in [2.24, 2.45) is 5.92 Å². The Balaban J connectivity index is 1.82. The number of amides is 1. The van der Waals surface area contributed by atoms with E-state index < -0.39 is 5.97 Å². The van der Waals surface area contributed by atoms with E-state index in [1.807, 2.05) is 18.2 Å². The molecule has 1 amide bonds. The average Bonchev–Trinajstić information content (AvgIpc) is 3.42. The Labute approximate surface area is 150 Å². The number of hydrogen-bond donors (Lipinski definition) is 1. The van der Waals surface area contributed by atoms with Crippen LogP contribution in [0.5, 0.6) is 5.75 Å². The highest BCUT2D eigenvalue weighted by Crippen LogP contribution is 2.46. The zero-order valence-corrected chi connectivity index (χ0v) is 15.0. The van der Waals surface area contributed by atoms with Crippen LogP contribution in [0, 0.1) is 5.92 Å². The smallest absolute Gasteiger partial charge is 0.341 e. The molecule has 1 saturated carbocycles. The van der Waals surface area contributed by atoms with E-state index in [2.05, 4.69) is 5.32 Å². The van der Waals surface area contributed by atoms with Crippen LogP contribution in [0.15, 0.2) is 18.2 Å². The van der Waals surface area contributed by atoms with Crippen molar-refractivity contribution in [3.63, 3.8) is 0 Å². The van der Waals surface area contributed by atoms with Crippen molar-refractivity contribution >= 4 is 28.2 Å². The van der Waals surface area contributed by atoms with Gasteiger partial charge in [0, 0.05) is 16.4 Å². The molecule has 0 saturated heterocycles. The maximum atomic E-state index is 12.5. The van der Waals surface area contributed by atoms with Crippen molar-refractivity contribution in [3.05, 3.63) is 34.2 Å². The van der Waals surface area contributed by atoms with Crippen LogP contribution < -0.4 is 10.1 Å².